The number of aromatic amines is 1. The van der Waals surface area contributed by atoms with E-state index < -0.39 is 5.97 Å². The maximum Gasteiger partial charge on any atom is 0.356 e. The van der Waals surface area contributed by atoms with Gasteiger partial charge in [0.15, 0.2) is 0 Å². The molecule has 0 fully saturated rings. The Morgan fingerprint density at radius 3 is 2.75 bits per heavy atom. The molecule has 0 aliphatic rings. The molecule has 118 valence electrons. The minimum absolute atomic E-state index is 0.0548. The fourth-order valence-corrected chi connectivity index (χ4v) is 2.15. The minimum Gasteiger partial charge on any atom is -0.456 e. The van der Waals surface area contributed by atoms with Crippen LogP contribution >= 0.6 is 0 Å². The zero-order chi connectivity index (χ0) is 16.9. The molecule has 0 aliphatic heterocycles. The summed E-state index contributed by atoms with van der Waals surface area (Å²) in [5.41, 5.74) is 2.64. The Bertz CT molecular complexity index is 911. The van der Waals surface area contributed by atoms with Crippen LogP contribution in [0.5, 0.6) is 0 Å². The highest BCUT2D eigenvalue weighted by Crippen LogP contribution is 2.18. The Balaban J connectivity index is 1.67. The van der Waals surface area contributed by atoms with E-state index in [1.54, 1.807) is 42.5 Å². The number of esters is 1. The highest BCUT2D eigenvalue weighted by atomic mass is 19.1. The van der Waals surface area contributed by atoms with Crippen LogP contribution in [0.4, 0.5) is 4.39 Å². The summed E-state index contributed by atoms with van der Waals surface area (Å²) in [4.78, 5) is 12.1. The SMILES string of the molecule is N#Cc1cccc(COC(=O)c2cc(-c3ccc(F)cc3)n[nH]2)c1. The Morgan fingerprint density at radius 1 is 1.21 bits per heavy atom. The smallest absolute Gasteiger partial charge is 0.356 e. The molecule has 2 aromatic carbocycles. The number of nitrogens with one attached hydrogen (secondary N) is 1. The molecule has 0 bridgehead atoms. The van der Waals surface area contributed by atoms with Crippen LogP contribution in [0.15, 0.2) is 54.6 Å². The summed E-state index contributed by atoms with van der Waals surface area (Å²) < 4.78 is 18.1. The molecule has 0 unspecified atom stereocenters. The summed E-state index contributed by atoms with van der Waals surface area (Å²) in [6, 6.07) is 16.2. The third kappa shape index (κ3) is 3.47. The summed E-state index contributed by atoms with van der Waals surface area (Å²) in [5, 5.41) is 15.5. The van der Waals surface area contributed by atoms with Gasteiger partial charge in [-0.1, -0.05) is 12.1 Å². The van der Waals surface area contributed by atoms with Crippen molar-refractivity contribution in [3.8, 4) is 17.3 Å². The van der Waals surface area contributed by atoms with E-state index >= 15 is 0 Å². The molecule has 1 N–H and O–H groups in total. The first kappa shape index (κ1) is 15.4. The lowest BCUT2D eigenvalue weighted by Gasteiger charge is -2.03. The van der Waals surface area contributed by atoms with E-state index in [-0.39, 0.29) is 18.1 Å². The van der Waals surface area contributed by atoms with Gasteiger partial charge in [-0.15, -0.1) is 0 Å². The summed E-state index contributed by atoms with van der Waals surface area (Å²) >= 11 is 0. The molecule has 0 radical (unpaired) electrons. The second-order valence-electron chi connectivity index (χ2n) is 5.06. The third-order valence-electron chi connectivity index (χ3n) is 3.36. The van der Waals surface area contributed by atoms with Crippen LogP contribution in [0.2, 0.25) is 0 Å². The molecule has 0 spiro atoms. The molecule has 0 aliphatic carbocycles. The number of hydrogen-bond donors (Lipinski definition) is 1. The highest BCUT2D eigenvalue weighted by molar-refractivity contribution is 5.88. The van der Waals surface area contributed by atoms with Crippen LogP contribution in [0, 0.1) is 17.1 Å². The van der Waals surface area contributed by atoms with Crippen molar-refractivity contribution >= 4 is 5.97 Å². The molecule has 3 aromatic rings. The number of rotatable bonds is 4. The average molecular weight is 321 g/mol. The average Bonchev–Trinajstić information content (AvgIpc) is 3.10. The maximum atomic E-state index is 12.9. The van der Waals surface area contributed by atoms with Crippen LogP contribution in [0.1, 0.15) is 21.6 Å². The number of hydrogen-bond acceptors (Lipinski definition) is 4. The molecule has 5 nitrogen and oxygen atoms in total. The lowest BCUT2D eigenvalue weighted by molar-refractivity contribution is 0.0465. The van der Waals surface area contributed by atoms with E-state index in [0.717, 1.165) is 5.56 Å². The zero-order valence-corrected chi connectivity index (χ0v) is 12.5. The lowest BCUT2D eigenvalue weighted by atomic mass is 10.1. The molecule has 3 rings (SSSR count). The molecular weight excluding hydrogens is 309 g/mol. The Morgan fingerprint density at radius 2 is 2.00 bits per heavy atom. The van der Waals surface area contributed by atoms with E-state index in [4.69, 9.17) is 10.00 Å². The van der Waals surface area contributed by atoms with Crippen molar-refractivity contribution in [3.63, 3.8) is 0 Å². The van der Waals surface area contributed by atoms with Crippen molar-refractivity contribution in [2.75, 3.05) is 0 Å². The molecule has 0 saturated carbocycles. The molecule has 24 heavy (non-hydrogen) atoms. The van der Waals surface area contributed by atoms with Crippen molar-refractivity contribution in [1.82, 2.24) is 10.2 Å². The molecule has 0 amide bonds. The van der Waals surface area contributed by atoms with Crippen molar-refractivity contribution in [2.45, 2.75) is 6.61 Å². The van der Waals surface area contributed by atoms with Crippen LogP contribution in [-0.2, 0) is 11.3 Å². The van der Waals surface area contributed by atoms with Gasteiger partial charge in [0.05, 0.1) is 17.3 Å². The van der Waals surface area contributed by atoms with E-state index in [1.165, 1.54) is 12.1 Å². The van der Waals surface area contributed by atoms with E-state index in [1.807, 2.05) is 6.07 Å². The van der Waals surface area contributed by atoms with Crippen molar-refractivity contribution in [3.05, 3.63) is 77.2 Å². The van der Waals surface area contributed by atoms with Crippen molar-refractivity contribution in [2.24, 2.45) is 0 Å². The normalized spacial score (nSPS) is 10.2. The number of benzene rings is 2. The van der Waals surface area contributed by atoms with Crippen LogP contribution in [0.25, 0.3) is 11.3 Å². The first-order chi connectivity index (χ1) is 11.7. The third-order valence-corrected chi connectivity index (χ3v) is 3.36. The van der Waals surface area contributed by atoms with Crippen LogP contribution in [-0.4, -0.2) is 16.2 Å². The first-order valence-corrected chi connectivity index (χ1v) is 7.13. The van der Waals surface area contributed by atoms with E-state index in [0.29, 0.717) is 16.8 Å². The van der Waals surface area contributed by atoms with Crippen LogP contribution < -0.4 is 0 Å². The summed E-state index contributed by atoms with van der Waals surface area (Å²) in [6.45, 7) is 0.0548. The van der Waals surface area contributed by atoms with Crippen LogP contribution in [0.3, 0.4) is 0 Å². The number of nitriles is 1. The van der Waals surface area contributed by atoms with Gasteiger partial charge in [-0.3, -0.25) is 5.10 Å². The number of nitrogens with zero attached hydrogens (tertiary/aromatic N) is 2. The Labute approximate surface area is 137 Å². The minimum atomic E-state index is -0.557. The van der Waals surface area contributed by atoms with E-state index in [2.05, 4.69) is 10.2 Å². The molecule has 6 heteroatoms. The van der Waals surface area contributed by atoms with Gasteiger partial charge in [0.1, 0.15) is 18.1 Å². The Kier molecular flexibility index (Phi) is 4.34. The van der Waals surface area contributed by atoms with E-state index in [9.17, 15) is 9.18 Å². The van der Waals surface area contributed by atoms with Gasteiger partial charge in [-0.05, 0) is 48.0 Å². The summed E-state index contributed by atoms with van der Waals surface area (Å²) in [5.74, 6) is -0.897. The van der Waals surface area contributed by atoms with Gasteiger partial charge in [0.2, 0.25) is 0 Å². The number of halogens is 1. The highest BCUT2D eigenvalue weighted by Gasteiger charge is 2.12. The largest absolute Gasteiger partial charge is 0.456 e. The fraction of sp³-hybridized carbons (Fsp3) is 0.0556. The summed E-state index contributed by atoms with van der Waals surface area (Å²) in [7, 11) is 0. The topological polar surface area (TPSA) is 78.8 Å². The number of carbonyl (C=O) groups is 1. The van der Waals surface area contributed by atoms with Gasteiger partial charge < -0.3 is 4.74 Å². The second kappa shape index (κ2) is 6.75. The fourth-order valence-electron chi connectivity index (χ4n) is 2.15. The number of ether oxygens (including phenoxy) is 1. The predicted molar refractivity (Wildman–Crippen MR) is 84.3 cm³/mol. The standard InChI is InChI=1S/C18H12FN3O2/c19-15-6-4-14(5-7-15)16-9-17(22-21-16)18(23)24-11-13-3-1-2-12(8-13)10-20/h1-9H,11H2,(H,21,22). The maximum absolute atomic E-state index is 12.9. The molecule has 1 aromatic heterocycles. The van der Waals surface area contributed by atoms with Crippen molar-refractivity contribution < 1.29 is 13.9 Å². The second-order valence-corrected chi connectivity index (χ2v) is 5.06. The van der Waals surface area contributed by atoms with Crippen molar-refractivity contribution in [1.29, 1.82) is 5.26 Å². The number of aromatic nitrogens is 2. The van der Waals surface area contributed by atoms with Gasteiger partial charge in [-0.2, -0.15) is 10.4 Å². The van der Waals surface area contributed by atoms with Gasteiger partial charge in [0, 0.05) is 5.56 Å². The predicted octanol–water partition coefficient (Wildman–Crippen LogP) is 3.44. The quantitative estimate of drug-likeness (QED) is 0.747. The van der Waals surface area contributed by atoms with Gasteiger partial charge in [-0.25, -0.2) is 9.18 Å². The number of H-pyrrole nitrogens is 1. The zero-order valence-electron chi connectivity index (χ0n) is 12.5. The molecule has 1 heterocycles. The lowest BCUT2D eigenvalue weighted by Crippen LogP contribution is -2.05. The molecule has 0 saturated heterocycles. The Hall–Kier alpha value is -3.46. The first-order valence-electron chi connectivity index (χ1n) is 7.13. The summed E-state index contributed by atoms with van der Waals surface area (Å²) in [6.07, 6.45) is 0. The molecular formula is C18H12FN3O2. The van der Waals surface area contributed by atoms with Gasteiger partial charge in [0.25, 0.3) is 0 Å². The molecule has 0 atom stereocenters. The monoisotopic (exact) mass is 321 g/mol. The van der Waals surface area contributed by atoms with Gasteiger partial charge >= 0.3 is 5.97 Å². The number of carbonyl (C=O) groups excluding carboxylic acids is 1.